The maximum atomic E-state index is 3.92. The van der Waals surface area contributed by atoms with Crippen molar-refractivity contribution >= 4 is 0 Å². The fourth-order valence-electron chi connectivity index (χ4n) is 4.58. The van der Waals surface area contributed by atoms with Crippen LogP contribution in [0.5, 0.6) is 0 Å². The quantitative estimate of drug-likeness (QED) is 0.840. The van der Waals surface area contributed by atoms with Crippen LogP contribution in [0.1, 0.15) is 66.2 Å². The molecule has 0 amide bonds. The molecule has 1 aliphatic heterocycles. The molecule has 110 valence electrons. The van der Waals surface area contributed by atoms with Crippen LogP contribution in [0.3, 0.4) is 0 Å². The topological polar surface area (TPSA) is 15.3 Å². The Morgan fingerprint density at radius 3 is 2.26 bits per heavy atom. The molecule has 1 N–H and O–H groups in total. The predicted octanol–water partition coefficient (Wildman–Crippen LogP) is 3.42. The van der Waals surface area contributed by atoms with Gasteiger partial charge in [0.1, 0.15) is 0 Å². The van der Waals surface area contributed by atoms with Gasteiger partial charge in [0.15, 0.2) is 0 Å². The van der Waals surface area contributed by atoms with Gasteiger partial charge in [-0.25, -0.2) is 0 Å². The van der Waals surface area contributed by atoms with Crippen LogP contribution >= 0.6 is 0 Å². The second-order valence-electron chi connectivity index (χ2n) is 8.22. The summed E-state index contributed by atoms with van der Waals surface area (Å²) >= 11 is 0. The summed E-state index contributed by atoms with van der Waals surface area (Å²) in [7, 11) is 0. The van der Waals surface area contributed by atoms with Gasteiger partial charge in [-0.2, -0.15) is 0 Å². The second-order valence-corrected chi connectivity index (χ2v) is 8.22. The molecule has 0 aromatic carbocycles. The van der Waals surface area contributed by atoms with Crippen LogP contribution in [0.15, 0.2) is 0 Å². The fraction of sp³-hybridized carbons (Fsp3) is 1.00. The van der Waals surface area contributed by atoms with E-state index in [1.165, 1.54) is 51.6 Å². The minimum atomic E-state index is 0.386. The fourth-order valence-corrected chi connectivity index (χ4v) is 4.58. The molecule has 19 heavy (non-hydrogen) atoms. The Hall–Kier alpha value is -0.0800. The first kappa shape index (κ1) is 13.9. The van der Waals surface area contributed by atoms with E-state index in [-0.39, 0.29) is 0 Å². The summed E-state index contributed by atoms with van der Waals surface area (Å²) in [6, 6.07) is 0.731. The first-order chi connectivity index (χ1) is 8.95. The van der Waals surface area contributed by atoms with Crippen LogP contribution in [0, 0.1) is 11.8 Å². The molecule has 2 aliphatic carbocycles. The van der Waals surface area contributed by atoms with E-state index < -0.39 is 0 Å². The minimum absolute atomic E-state index is 0.386. The van der Waals surface area contributed by atoms with Gasteiger partial charge in [-0.15, -0.1) is 0 Å². The van der Waals surface area contributed by atoms with Crippen molar-refractivity contribution < 1.29 is 0 Å². The van der Waals surface area contributed by atoms with Crippen LogP contribution in [0.2, 0.25) is 0 Å². The zero-order valence-electron chi connectivity index (χ0n) is 13.3. The highest BCUT2D eigenvalue weighted by Crippen LogP contribution is 2.45. The Morgan fingerprint density at radius 2 is 1.74 bits per heavy atom. The lowest BCUT2D eigenvalue weighted by Gasteiger charge is -2.54. The van der Waals surface area contributed by atoms with E-state index in [1.54, 1.807) is 0 Å². The van der Waals surface area contributed by atoms with E-state index in [0.717, 1.165) is 17.9 Å². The first-order valence-electron chi connectivity index (χ1n) is 8.46. The number of hydrogen-bond donors (Lipinski definition) is 1. The van der Waals surface area contributed by atoms with Gasteiger partial charge in [0.25, 0.3) is 0 Å². The molecule has 3 rings (SSSR count). The van der Waals surface area contributed by atoms with E-state index in [4.69, 9.17) is 0 Å². The van der Waals surface area contributed by atoms with Crippen molar-refractivity contribution in [1.29, 1.82) is 0 Å². The second kappa shape index (κ2) is 4.73. The molecule has 0 radical (unpaired) electrons. The third-order valence-corrected chi connectivity index (χ3v) is 6.24. The largest absolute Gasteiger partial charge is 0.308 e. The highest BCUT2D eigenvalue weighted by Gasteiger charge is 2.50. The van der Waals surface area contributed by atoms with E-state index in [2.05, 4.69) is 37.9 Å². The van der Waals surface area contributed by atoms with Gasteiger partial charge in [0.2, 0.25) is 0 Å². The molecule has 0 spiro atoms. The average molecular weight is 264 g/mol. The highest BCUT2D eigenvalue weighted by atomic mass is 15.3. The van der Waals surface area contributed by atoms with Gasteiger partial charge in [-0.1, -0.05) is 26.7 Å². The molecule has 0 aromatic rings. The van der Waals surface area contributed by atoms with Crippen LogP contribution in [-0.2, 0) is 0 Å². The molecule has 2 saturated carbocycles. The number of nitrogens with one attached hydrogen (secondary N) is 1. The summed E-state index contributed by atoms with van der Waals surface area (Å²) < 4.78 is 0. The molecule has 2 heteroatoms. The zero-order chi connectivity index (χ0) is 13.7. The summed E-state index contributed by atoms with van der Waals surface area (Å²) in [5.41, 5.74) is 0.865. The van der Waals surface area contributed by atoms with Crippen LogP contribution in [-0.4, -0.2) is 35.1 Å². The summed E-state index contributed by atoms with van der Waals surface area (Å²) in [6.45, 7) is 12.3. The smallest absolute Gasteiger partial charge is 0.0309 e. The Balaban J connectivity index is 1.81. The van der Waals surface area contributed by atoms with Crippen molar-refractivity contribution in [3.63, 3.8) is 0 Å². The molecule has 2 atom stereocenters. The number of hydrogen-bond acceptors (Lipinski definition) is 2. The van der Waals surface area contributed by atoms with Crippen molar-refractivity contribution in [2.45, 2.75) is 83.3 Å². The average Bonchev–Trinajstić information content (AvgIpc) is 3.13. The minimum Gasteiger partial charge on any atom is -0.308 e. The Bertz CT molecular complexity index is 328. The standard InChI is InChI=1S/C17H32N2/c1-13(2)15-11-18-17(4,14-7-8-14)12-19(15)16(3)9-5-6-10-16/h13-15,18H,5-12H2,1-4H3. The maximum absolute atomic E-state index is 3.92. The third-order valence-electron chi connectivity index (χ3n) is 6.24. The van der Waals surface area contributed by atoms with Crippen molar-refractivity contribution in [3.8, 4) is 0 Å². The lowest BCUT2D eigenvalue weighted by molar-refractivity contribution is -0.0247. The van der Waals surface area contributed by atoms with Gasteiger partial charge >= 0.3 is 0 Å². The number of rotatable bonds is 3. The summed E-state index contributed by atoms with van der Waals surface area (Å²) in [5, 5.41) is 3.92. The van der Waals surface area contributed by atoms with E-state index in [1.807, 2.05) is 0 Å². The molecule has 1 saturated heterocycles. The molecule has 2 nitrogen and oxygen atoms in total. The normalized spacial score (nSPS) is 39.9. The molecule has 3 aliphatic rings. The maximum Gasteiger partial charge on any atom is 0.0309 e. The molecule has 0 bridgehead atoms. The molecule has 1 heterocycles. The predicted molar refractivity (Wildman–Crippen MR) is 81.3 cm³/mol. The highest BCUT2D eigenvalue weighted by molar-refractivity contribution is 5.08. The Morgan fingerprint density at radius 1 is 1.11 bits per heavy atom. The van der Waals surface area contributed by atoms with Crippen molar-refractivity contribution in [1.82, 2.24) is 10.2 Å². The summed E-state index contributed by atoms with van der Waals surface area (Å²) in [4.78, 5) is 2.92. The molecular formula is C17H32N2. The number of piperazine rings is 1. The van der Waals surface area contributed by atoms with Crippen molar-refractivity contribution in [2.75, 3.05) is 13.1 Å². The summed E-state index contributed by atoms with van der Waals surface area (Å²) in [6.07, 6.45) is 8.59. The Kier molecular flexibility index (Phi) is 3.46. The third kappa shape index (κ3) is 2.47. The monoisotopic (exact) mass is 264 g/mol. The lowest BCUT2D eigenvalue weighted by Crippen LogP contribution is -2.69. The lowest BCUT2D eigenvalue weighted by atomic mass is 9.83. The van der Waals surface area contributed by atoms with Gasteiger partial charge in [-0.05, 0) is 51.4 Å². The summed E-state index contributed by atoms with van der Waals surface area (Å²) in [5.74, 6) is 1.70. The van der Waals surface area contributed by atoms with Crippen LogP contribution in [0.25, 0.3) is 0 Å². The van der Waals surface area contributed by atoms with E-state index in [9.17, 15) is 0 Å². The van der Waals surface area contributed by atoms with Crippen LogP contribution in [0.4, 0.5) is 0 Å². The first-order valence-corrected chi connectivity index (χ1v) is 8.46. The Labute approximate surface area is 119 Å². The van der Waals surface area contributed by atoms with Crippen LogP contribution < -0.4 is 5.32 Å². The van der Waals surface area contributed by atoms with Crippen molar-refractivity contribution in [2.24, 2.45) is 11.8 Å². The number of nitrogens with zero attached hydrogens (tertiary/aromatic N) is 1. The zero-order valence-corrected chi connectivity index (χ0v) is 13.3. The van der Waals surface area contributed by atoms with Crippen molar-refractivity contribution in [3.05, 3.63) is 0 Å². The molecule has 2 unspecified atom stereocenters. The van der Waals surface area contributed by atoms with Gasteiger partial charge < -0.3 is 5.32 Å². The SMILES string of the molecule is CC(C)C1CNC(C)(C2CC2)CN1C1(C)CCCC1. The van der Waals surface area contributed by atoms with E-state index >= 15 is 0 Å². The molecule has 0 aromatic heterocycles. The molecular weight excluding hydrogens is 232 g/mol. The van der Waals surface area contributed by atoms with Gasteiger partial charge in [0.05, 0.1) is 0 Å². The van der Waals surface area contributed by atoms with Gasteiger partial charge in [-0.3, -0.25) is 4.90 Å². The van der Waals surface area contributed by atoms with Gasteiger partial charge in [0, 0.05) is 30.2 Å². The molecule has 3 fully saturated rings. The van der Waals surface area contributed by atoms with E-state index in [0.29, 0.717) is 11.1 Å².